The molecule has 2 aromatic rings. The van der Waals surface area contributed by atoms with Crippen LogP contribution in [0, 0.1) is 0 Å². The van der Waals surface area contributed by atoms with Crippen LogP contribution in [0.25, 0.3) is 11.1 Å². The van der Waals surface area contributed by atoms with Gasteiger partial charge in [-0.05, 0) is 50.6 Å². The molecule has 0 fully saturated rings. The van der Waals surface area contributed by atoms with Gasteiger partial charge >= 0.3 is 0 Å². The summed E-state index contributed by atoms with van der Waals surface area (Å²) in [4.78, 5) is 0. The fraction of sp³-hybridized carbons (Fsp3) is 0.286. The molecule has 0 aliphatic rings. The van der Waals surface area contributed by atoms with E-state index in [0.717, 1.165) is 15.6 Å². The van der Waals surface area contributed by atoms with Crippen molar-refractivity contribution < 1.29 is 5.11 Å². The maximum atomic E-state index is 9.38. The molecule has 2 rings (SSSR count). The van der Waals surface area contributed by atoms with E-state index < -0.39 is 0 Å². The maximum Gasteiger partial charge on any atom is 0.116 e. The highest BCUT2D eigenvalue weighted by atomic mass is 79.9. The van der Waals surface area contributed by atoms with Crippen LogP contribution in [0.3, 0.4) is 0 Å². The van der Waals surface area contributed by atoms with Crippen LogP contribution in [0.15, 0.2) is 41.1 Å². The number of benzene rings is 1. The Morgan fingerprint density at radius 2 is 1.88 bits per heavy atom. The number of aromatic nitrogens is 1. The van der Waals surface area contributed by atoms with E-state index in [2.05, 4.69) is 59.7 Å². The van der Waals surface area contributed by atoms with Crippen molar-refractivity contribution in [3.63, 3.8) is 0 Å². The lowest BCUT2D eigenvalue weighted by molar-refractivity contribution is 0.398. The maximum absolute atomic E-state index is 9.38. The van der Waals surface area contributed by atoms with Gasteiger partial charge in [0.15, 0.2) is 0 Å². The lowest BCUT2D eigenvalue weighted by Gasteiger charge is -2.20. The quantitative estimate of drug-likeness (QED) is 0.829. The summed E-state index contributed by atoms with van der Waals surface area (Å²) in [5, 5.41) is 9.38. The fourth-order valence-electron chi connectivity index (χ4n) is 1.71. The van der Waals surface area contributed by atoms with Gasteiger partial charge in [-0.25, -0.2) is 0 Å². The van der Waals surface area contributed by atoms with Crippen LogP contribution >= 0.6 is 15.9 Å². The molecule has 90 valence electrons. The third kappa shape index (κ3) is 2.55. The lowest BCUT2D eigenvalue weighted by atomic mass is 10.1. The molecule has 1 aromatic carbocycles. The van der Waals surface area contributed by atoms with Crippen LogP contribution in [0.1, 0.15) is 20.8 Å². The summed E-state index contributed by atoms with van der Waals surface area (Å²) in [5.41, 5.74) is 2.32. The monoisotopic (exact) mass is 293 g/mol. The number of halogens is 1. The minimum Gasteiger partial charge on any atom is -0.508 e. The first-order valence-electron chi connectivity index (χ1n) is 5.55. The smallest absolute Gasteiger partial charge is 0.116 e. The Balaban J connectivity index is 2.44. The van der Waals surface area contributed by atoms with E-state index in [4.69, 9.17) is 0 Å². The summed E-state index contributed by atoms with van der Waals surface area (Å²) in [6, 6.07) is 7.42. The van der Waals surface area contributed by atoms with E-state index in [-0.39, 0.29) is 11.3 Å². The zero-order chi connectivity index (χ0) is 12.6. The van der Waals surface area contributed by atoms with Gasteiger partial charge in [0, 0.05) is 28.0 Å². The van der Waals surface area contributed by atoms with Crippen molar-refractivity contribution >= 4 is 15.9 Å². The Labute approximate surface area is 110 Å². The van der Waals surface area contributed by atoms with Crippen molar-refractivity contribution in [2.45, 2.75) is 26.3 Å². The molecule has 2 nitrogen and oxygen atoms in total. The number of rotatable bonds is 1. The van der Waals surface area contributed by atoms with E-state index in [1.807, 2.05) is 6.07 Å². The molecule has 0 atom stereocenters. The second-order valence-corrected chi connectivity index (χ2v) is 6.00. The standard InChI is InChI=1S/C14H16BrNO/c1-14(2,3)16-7-6-10(9-16)12-5-4-11(17)8-13(12)15/h4-9,17H,1-3H3. The molecule has 1 N–H and O–H groups in total. The largest absolute Gasteiger partial charge is 0.508 e. The molecule has 0 spiro atoms. The molecule has 1 heterocycles. The van der Waals surface area contributed by atoms with Gasteiger partial charge in [-0.15, -0.1) is 0 Å². The van der Waals surface area contributed by atoms with Gasteiger partial charge in [-0.2, -0.15) is 0 Å². The number of phenolic OH excluding ortho intramolecular Hbond substituents is 1. The molecule has 3 heteroatoms. The molecule has 0 aliphatic heterocycles. The van der Waals surface area contributed by atoms with Gasteiger partial charge in [0.2, 0.25) is 0 Å². The molecule has 0 saturated carbocycles. The van der Waals surface area contributed by atoms with E-state index in [0.29, 0.717) is 0 Å². The van der Waals surface area contributed by atoms with Gasteiger partial charge < -0.3 is 9.67 Å². The Morgan fingerprint density at radius 3 is 2.41 bits per heavy atom. The number of phenols is 1. The summed E-state index contributed by atoms with van der Waals surface area (Å²) in [6.07, 6.45) is 4.20. The van der Waals surface area contributed by atoms with Gasteiger partial charge in [0.05, 0.1) is 0 Å². The number of aromatic hydroxyl groups is 1. The van der Waals surface area contributed by atoms with Crippen LogP contribution < -0.4 is 0 Å². The highest BCUT2D eigenvalue weighted by Gasteiger charge is 2.13. The van der Waals surface area contributed by atoms with E-state index in [1.54, 1.807) is 12.1 Å². The predicted octanol–water partition coefficient (Wildman–Crippen LogP) is 4.38. The molecular formula is C14H16BrNO. The van der Waals surface area contributed by atoms with Crippen LogP contribution in [0.4, 0.5) is 0 Å². The first kappa shape index (κ1) is 12.2. The molecule has 0 bridgehead atoms. The van der Waals surface area contributed by atoms with Gasteiger partial charge in [0.25, 0.3) is 0 Å². The summed E-state index contributed by atoms with van der Waals surface area (Å²) >= 11 is 3.47. The zero-order valence-corrected chi connectivity index (χ0v) is 11.8. The van der Waals surface area contributed by atoms with Gasteiger partial charge in [0.1, 0.15) is 5.75 Å². The van der Waals surface area contributed by atoms with Crippen molar-refractivity contribution in [2.24, 2.45) is 0 Å². The first-order valence-corrected chi connectivity index (χ1v) is 6.34. The molecular weight excluding hydrogens is 278 g/mol. The molecule has 0 aliphatic carbocycles. The SMILES string of the molecule is CC(C)(C)n1ccc(-c2ccc(O)cc2Br)c1. The van der Waals surface area contributed by atoms with E-state index >= 15 is 0 Å². The van der Waals surface area contributed by atoms with Crippen LogP contribution in [0.5, 0.6) is 5.75 Å². The highest BCUT2D eigenvalue weighted by molar-refractivity contribution is 9.10. The Hall–Kier alpha value is -1.22. The first-order chi connectivity index (χ1) is 7.88. The minimum absolute atomic E-state index is 0.0850. The molecule has 0 radical (unpaired) electrons. The summed E-state index contributed by atoms with van der Waals surface area (Å²) in [6.45, 7) is 6.51. The van der Waals surface area contributed by atoms with E-state index in [9.17, 15) is 5.11 Å². The summed E-state index contributed by atoms with van der Waals surface area (Å²) in [5.74, 6) is 0.274. The van der Waals surface area contributed by atoms with Crippen molar-refractivity contribution in [1.82, 2.24) is 4.57 Å². The van der Waals surface area contributed by atoms with Crippen molar-refractivity contribution in [1.29, 1.82) is 0 Å². The second-order valence-electron chi connectivity index (χ2n) is 5.14. The Bertz CT molecular complexity index is 537. The van der Waals surface area contributed by atoms with Crippen molar-refractivity contribution in [3.8, 4) is 16.9 Å². The zero-order valence-electron chi connectivity index (χ0n) is 10.2. The van der Waals surface area contributed by atoms with Crippen LogP contribution in [0.2, 0.25) is 0 Å². The van der Waals surface area contributed by atoms with Crippen LogP contribution in [-0.2, 0) is 5.54 Å². The Kier molecular flexibility index (Phi) is 3.04. The average molecular weight is 294 g/mol. The summed E-state index contributed by atoms with van der Waals surface area (Å²) < 4.78 is 3.09. The number of nitrogens with zero attached hydrogens (tertiary/aromatic N) is 1. The lowest BCUT2D eigenvalue weighted by Crippen LogP contribution is -2.19. The topological polar surface area (TPSA) is 25.2 Å². The molecule has 0 amide bonds. The van der Waals surface area contributed by atoms with E-state index in [1.165, 1.54) is 0 Å². The van der Waals surface area contributed by atoms with Crippen molar-refractivity contribution in [2.75, 3.05) is 0 Å². The number of hydrogen-bond donors (Lipinski definition) is 1. The number of hydrogen-bond acceptors (Lipinski definition) is 1. The Morgan fingerprint density at radius 1 is 1.18 bits per heavy atom. The van der Waals surface area contributed by atoms with Gasteiger partial charge in [-0.1, -0.05) is 15.9 Å². The molecule has 0 unspecified atom stereocenters. The highest BCUT2D eigenvalue weighted by Crippen LogP contribution is 2.32. The third-order valence-corrected chi connectivity index (χ3v) is 3.39. The third-order valence-electron chi connectivity index (χ3n) is 2.73. The summed E-state index contributed by atoms with van der Waals surface area (Å²) in [7, 11) is 0. The van der Waals surface area contributed by atoms with Crippen molar-refractivity contribution in [3.05, 3.63) is 41.1 Å². The fourth-order valence-corrected chi connectivity index (χ4v) is 2.31. The van der Waals surface area contributed by atoms with Gasteiger partial charge in [-0.3, -0.25) is 0 Å². The average Bonchev–Trinajstić information content (AvgIpc) is 2.65. The minimum atomic E-state index is 0.0850. The van der Waals surface area contributed by atoms with Crippen LogP contribution in [-0.4, -0.2) is 9.67 Å². The normalized spacial score (nSPS) is 11.8. The molecule has 17 heavy (non-hydrogen) atoms. The molecule has 0 saturated heterocycles. The predicted molar refractivity (Wildman–Crippen MR) is 74.2 cm³/mol. The molecule has 1 aromatic heterocycles. The second kappa shape index (κ2) is 4.22.